The van der Waals surface area contributed by atoms with E-state index < -0.39 is 17.6 Å². The first-order chi connectivity index (χ1) is 9.39. The first-order valence-corrected chi connectivity index (χ1v) is 6.61. The number of halogens is 4. The molecule has 0 bridgehead atoms. The van der Waals surface area contributed by atoms with Gasteiger partial charge in [0.1, 0.15) is 4.88 Å². The van der Waals surface area contributed by atoms with Crippen LogP contribution in [0.2, 0.25) is 5.02 Å². The average molecular weight is 321 g/mol. The quantitative estimate of drug-likeness (QED) is 0.833. The lowest BCUT2D eigenvalue weighted by Crippen LogP contribution is -2.30. The van der Waals surface area contributed by atoms with Gasteiger partial charge in [0, 0.05) is 0 Å². The van der Waals surface area contributed by atoms with E-state index in [1.165, 1.54) is 24.3 Å². The van der Waals surface area contributed by atoms with Crippen LogP contribution in [0.25, 0.3) is 0 Å². The van der Waals surface area contributed by atoms with Crippen LogP contribution >= 0.6 is 22.9 Å². The molecule has 1 aromatic heterocycles. The van der Waals surface area contributed by atoms with Crippen molar-refractivity contribution in [2.75, 3.05) is 5.43 Å². The zero-order chi connectivity index (χ0) is 14.8. The molecule has 2 rings (SSSR count). The molecule has 106 valence electrons. The first kappa shape index (κ1) is 14.7. The van der Waals surface area contributed by atoms with Gasteiger partial charge in [0.2, 0.25) is 0 Å². The summed E-state index contributed by atoms with van der Waals surface area (Å²) in [6, 6.07) is 6.38. The van der Waals surface area contributed by atoms with E-state index in [1.54, 1.807) is 5.38 Å². The molecule has 20 heavy (non-hydrogen) atoms. The van der Waals surface area contributed by atoms with Crippen molar-refractivity contribution < 1.29 is 18.0 Å². The van der Waals surface area contributed by atoms with Crippen LogP contribution in [0.5, 0.6) is 0 Å². The van der Waals surface area contributed by atoms with E-state index in [1.807, 2.05) is 0 Å². The minimum atomic E-state index is -4.51. The van der Waals surface area contributed by atoms with Gasteiger partial charge >= 0.3 is 6.18 Å². The van der Waals surface area contributed by atoms with Crippen molar-refractivity contribution in [3.8, 4) is 0 Å². The van der Waals surface area contributed by atoms with Gasteiger partial charge in [-0.3, -0.25) is 15.6 Å². The fourth-order valence-electron chi connectivity index (χ4n) is 1.48. The predicted molar refractivity (Wildman–Crippen MR) is 71.9 cm³/mol. The Kier molecular flexibility index (Phi) is 4.20. The first-order valence-electron chi connectivity index (χ1n) is 5.35. The third-order valence-corrected chi connectivity index (χ3v) is 3.71. The second-order valence-electron chi connectivity index (χ2n) is 3.72. The van der Waals surface area contributed by atoms with Gasteiger partial charge in [-0.1, -0.05) is 23.7 Å². The summed E-state index contributed by atoms with van der Waals surface area (Å²) in [4.78, 5) is 12.0. The van der Waals surface area contributed by atoms with E-state index in [0.29, 0.717) is 0 Å². The molecule has 0 saturated heterocycles. The molecule has 0 fully saturated rings. The number of carbonyl (C=O) groups is 1. The van der Waals surface area contributed by atoms with E-state index in [4.69, 9.17) is 11.6 Å². The number of hydrogen-bond donors (Lipinski definition) is 2. The smallest absolute Gasteiger partial charge is 0.298 e. The summed E-state index contributed by atoms with van der Waals surface area (Å²) in [5.41, 5.74) is 3.36. The Morgan fingerprint density at radius 3 is 2.50 bits per heavy atom. The third-order valence-electron chi connectivity index (χ3n) is 2.37. The zero-order valence-corrected chi connectivity index (χ0v) is 11.4. The number of alkyl halides is 3. The summed E-state index contributed by atoms with van der Waals surface area (Å²) in [5, 5.41) is 1.86. The van der Waals surface area contributed by atoms with E-state index in [-0.39, 0.29) is 15.6 Å². The van der Waals surface area contributed by atoms with Gasteiger partial charge in [-0.15, -0.1) is 11.3 Å². The van der Waals surface area contributed by atoms with Crippen LogP contribution in [0.15, 0.2) is 35.7 Å². The average Bonchev–Trinajstić information content (AvgIpc) is 2.81. The Hall–Kier alpha value is -1.73. The fraction of sp³-hybridized carbons (Fsp3) is 0.0833. The van der Waals surface area contributed by atoms with Crippen LogP contribution < -0.4 is 10.9 Å². The largest absolute Gasteiger partial charge is 0.418 e. The maximum absolute atomic E-state index is 12.7. The molecule has 2 aromatic rings. The summed E-state index contributed by atoms with van der Waals surface area (Å²) < 4.78 is 38.2. The molecule has 0 atom stereocenters. The van der Waals surface area contributed by atoms with E-state index in [0.717, 1.165) is 17.4 Å². The molecule has 0 aliphatic carbocycles. The number of nitrogens with one attached hydrogen (secondary N) is 2. The van der Waals surface area contributed by atoms with Crippen molar-refractivity contribution in [1.29, 1.82) is 0 Å². The number of anilines is 1. The van der Waals surface area contributed by atoms with Crippen LogP contribution in [0, 0.1) is 0 Å². The van der Waals surface area contributed by atoms with Crippen LogP contribution in [0.1, 0.15) is 15.2 Å². The van der Waals surface area contributed by atoms with E-state index in [2.05, 4.69) is 10.9 Å². The maximum atomic E-state index is 12.7. The molecule has 0 unspecified atom stereocenters. The maximum Gasteiger partial charge on any atom is 0.418 e. The molecular formula is C12H8ClF3N2OS. The van der Waals surface area contributed by atoms with Gasteiger partial charge < -0.3 is 0 Å². The number of hydrogen-bond acceptors (Lipinski definition) is 3. The van der Waals surface area contributed by atoms with Gasteiger partial charge in [-0.25, -0.2) is 0 Å². The molecule has 0 radical (unpaired) electrons. The minimum Gasteiger partial charge on any atom is -0.298 e. The van der Waals surface area contributed by atoms with Gasteiger partial charge in [-0.05, 0) is 23.6 Å². The molecule has 2 N–H and O–H groups in total. The molecule has 0 aliphatic rings. The molecule has 1 amide bonds. The highest BCUT2D eigenvalue weighted by Gasteiger charge is 2.33. The molecule has 0 saturated carbocycles. The normalized spacial score (nSPS) is 11.2. The van der Waals surface area contributed by atoms with Crippen molar-refractivity contribution in [2.24, 2.45) is 0 Å². The molecule has 3 nitrogen and oxygen atoms in total. The topological polar surface area (TPSA) is 41.1 Å². The van der Waals surface area contributed by atoms with E-state index in [9.17, 15) is 18.0 Å². The highest BCUT2D eigenvalue weighted by molar-refractivity contribution is 7.12. The number of rotatable bonds is 3. The lowest BCUT2D eigenvalue weighted by atomic mass is 10.2. The van der Waals surface area contributed by atoms with Gasteiger partial charge in [0.15, 0.2) is 0 Å². The monoisotopic (exact) mass is 320 g/mol. The molecule has 8 heteroatoms. The van der Waals surface area contributed by atoms with Crippen molar-refractivity contribution in [3.63, 3.8) is 0 Å². The third kappa shape index (κ3) is 3.23. The summed E-state index contributed by atoms with van der Waals surface area (Å²) in [7, 11) is 0. The lowest BCUT2D eigenvalue weighted by molar-refractivity contribution is -0.137. The highest BCUT2D eigenvalue weighted by atomic mass is 35.5. The van der Waals surface area contributed by atoms with Gasteiger partial charge in [-0.2, -0.15) is 13.2 Å². The SMILES string of the molecule is O=C(NNc1ccccc1C(F)(F)F)c1sccc1Cl. The Labute approximate surface area is 121 Å². The van der Waals surface area contributed by atoms with Crippen LogP contribution in [-0.2, 0) is 6.18 Å². The highest BCUT2D eigenvalue weighted by Crippen LogP contribution is 2.34. The molecule has 1 heterocycles. The standard InChI is InChI=1S/C12H8ClF3N2OS/c13-8-5-6-20-10(8)11(19)18-17-9-4-2-1-3-7(9)12(14,15)16/h1-6,17H,(H,18,19). The summed E-state index contributed by atoms with van der Waals surface area (Å²) in [6.07, 6.45) is -4.51. The van der Waals surface area contributed by atoms with Crippen LogP contribution in [0.4, 0.5) is 18.9 Å². The number of hydrazine groups is 1. The number of benzene rings is 1. The van der Waals surface area contributed by atoms with Crippen LogP contribution in [-0.4, -0.2) is 5.91 Å². The molecule has 1 aromatic carbocycles. The fourth-order valence-corrected chi connectivity index (χ4v) is 2.51. The molecular weight excluding hydrogens is 313 g/mol. The molecule has 0 spiro atoms. The Bertz CT molecular complexity index is 627. The Balaban J connectivity index is 2.12. The van der Waals surface area contributed by atoms with Crippen molar-refractivity contribution in [3.05, 3.63) is 51.2 Å². The molecule has 0 aliphatic heterocycles. The number of para-hydroxylation sites is 1. The second-order valence-corrected chi connectivity index (χ2v) is 5.04. The Morgan fingerprint density at radius 1 is 1.20 bits per heavy atom. The van der Waals surface area contributed by atoms with Crippen LogP contribution in [0.3, 0.4) is 0 Å². The van der Waals surface area contributed by atoms with Crippen molar-refractivity contribution >= 4 is 34.5 Å². The lowest BCUT2D eigenvalue weighted by Gasteiger charge is -2.14. The summed E-state index contributed by atoms with van der Waals surface area (Å²) in [5.74, 6) is -0.595. The van der Waals surface area contributed by atoms with Crippen molar-refractivity contribution in [2.45, 2.75) is 6.18 Å². The van der Waals surface area contributed by atoms with Gasteiger partial charge in [0.25, 0.3) is 5.91 Å². The van der Waals surface area contributed by atoms with Crippen molar-refractivity contribution in [1.82, 2.24) is 5.43 Å². The number of thiophene rings is 1. The zero-order valence-electron chi connectivity index (χ0n) is 9.79. The Morgan fingerprint density at radius 2 is 1.90 bits per heavy atom. The second kappa shape index (κ2) is 5.72. The van der Waals surface area contributed by atoms with E-state index >= 15 is 0 Å². The predicted octanol–water partition coefficient (Wildman–Crippen LogP) is 4.18. The van der Waals surface area contributed by atoms with Gasteiger partial charge in [0.05, 0.1) is 16.3 Å². The minimum absolute atomic E-state index is 0.226. The summed E-state index contributed by atoms with van der Waals surface area (Å²) >= 11 is 6.86. The number of carbonyl (C=O) groups excluding carboxylic acids is 1. The number of amides is 1. The summed E-state index contributed by atoms with van der Waals surface area (Å²) in [6.45, 7) is 0.